The fourth-order valence-corrected chi connectivity index (χ4v) is 4.97. The normalized spacial score (nSPS) is 14.0. The third kappa shape index (κ3) is 6.27. The van der Waals surface area contributed by atoms with Gasteiger partial charge in [-0.3, -0.25) is 14.5 Å². The first-order valence-electron chi connectivity index (χ1n) is 11.7. The SMILES string of the molecule is CCOc1ccc(N2C(=O)/C(=C/c3ccc(OCC(=O)Nc4ccccc4OC)c(OC)c3)SC2=S)cc1. The molecule has 0 spiro atoms. The second-order valence-electron chi connectivity index (χ2n) is 7.89. The van der Waals surface area contributed by atoms with E-state index in [1.807, 2.05) is 13.0 Å². The Morgan fingerprint density at radius 2 is 1.71 bits per heavy atom. The standard InChI is InChI=1S/C28H26N2O6S2/c1-4-35-20-12-10-19(11-13-20)30-27(32)25(38-28(30)37)16-18-9-14-23(24(15-18)34-3)36-17-26(31)29-21-7-5-6-8-22(21)33-2/h5-16H,4,17H2,1-3H3,(H,29,31)/b25-16-. The lowest BCUT2D eigenvalue weighted by atomic mass is 10.1. The van der Waals surface area contributed by atoms with Crippen molar-refractivity contribution in [2.45, 2.75) is 6.92 Å². The summed E-state index contributed by atoms with van der Waals surface area (Å²) < 4.78 is 22.3. The van der Waals surface area contributed by atoms with Gasteiger partial charge in [0.1, 0.15) is 11.5 Å². The lowest BCUT2D eigenvalue weighted by Gasteiger charge is -2.15. The summed E-state index contributed by atoms with van der Waals surface area (Å²) in [6.07, 6.45) is 1.74. The van der Waals surface area contributed by atoms with Crippen molar-refractivity contribution >= 4 is 57.6 Å². The molecule has 38 heavy (non-hydrogen) atoms. The zero-order valence-electron chi connectivity index (χ0n) is 21.1. The summed E-state index contributed by atoms with van der Waals surface area (Å²) >= 11 is 6.70. The number of amides is 2. The predicted octanol–water partition coefficient (Wildman–Crippen LogP) is 5.53. The molecular formula is C28H26N2O6S2. The minimum absolute atomic E-state index is 0.212. The van der Waals surface area contributed by atoms with Gasteiger partial charge in [-0.2, -0.15) is 0 Å². The van der Waals surface area contributed by atoms with Crippen LogP contribution < -0.4 is 29.2 Å². The molecule has 10 heteroatoms. The average Bonchev–Trinajstić information content (AvgIpc) is 3.20. The Morgan fingerprint density at radius 3 is 2.42 bits per heavy atom. The largest absolute Gasteiger partial charge is 0.495 e. The van der Waals surface area contributed by atoms with Crippen molar-refractivity contribution in [3.8, 4) is 23.0 Å². The second-order valence-corrected chi connectivity index (χ2v) is 9.57. The molecule has 1 saturated heterocycles. The Bertz CT molecular complexity index is 1370. The first-order chi connectivity index (χ1) is 18.4. The highest BCUT2D eigenvalue weighted by Crippen LogP contribution is 2.37. The molecule has 196 valence electrons. The van der Waals surface area contributed by atoms with E-state index in [9.17, 15) is 9.59 Å². The van der Waals surface area contributed by atoms with Crippen LogP contribution in [0.15, 0.2) is 71.6 Å². The summed E-state index contributed by atoms with van der Waals surface area (Å²) in [6.45, 7) is 2.25. The van der Waals surface area contributed by atoms with E-state index in [1.165, 1.54) is 30.9 Å². The van der Waals surface area contributed by atoms with Gasteiger partial charge >= 0.3 is 0 Å². The quantitative estimate of drug-likeness (QED) is 0.261. The first-order valence-corrected chi connectivity index (χ1v) is 12.9. The maximum absolute atomic E-state index is 13.1. The molecule has 8 nitrogen and oxygen atoms in total. The van der Waals surface area contributed by atoms with Gasteiger partial charge in [-0.05, 0) is 67.1 Å². The van der Waals surface area contributed by atoms with Crippen molar-refractivity contribution in [2.75, 3.05) is 37.7 Å². The number of carbonyl (C=O) groups is 2. The zero-order valence-corrected chi connectivity index (χ0v) is 22.7. The van der Waals surface area contributed by atoms with Gasteiger partial charge in [-0.25, -0.2) is 0 Å². The summed E-state index contributed by atoms with van der Waals surface area (Å²) in [4.78, 5) is 27.5. The number of anilines is 2. The number of hydrogen-bond donors (Lipinski definition) is 1. The minimum Gasteiger partial charge on any atom is -0.495 e. The molecular weight excluding hydrogens is 524 g/mol. The van der Waals surface area contributed by atoms with Gasteiger partial charge in [0.25, 0.3) is 11.8 Å². The van der Waals surface area contributed by atoms with Gasteiger partial charge in [0.15, 0.2) is 22.4 Å². The third-order valence-corrected chi connectivity index (χ3v) is 6.73. The van der Waals surface area contributed by atoms with Crippen LogP contribution in [-0.4, -0.2) is 43.6 Å². The molecule has 1 heterocycles. The highest BCUT2D eigenvalue weighted by Gasteiger charge is 2.33. The molecule has 1 aliphatic rings. The maximum atomic E-state index is 13.1. The molecule has 0 atom stereocenters. The number of thioether (sulfide) groups is 1. The molecule has 0 unspecified atom stereocenters. The molecule has 4 rings (SSSR count). The van der Waals surface area contributed by atoms with E-state index >= 15 is 0 Å². The van der Waals surface area contributed by atoms with Crippen molar-refractivity contribution in [1.82, 2.24) is 0 Å². The van der Waals surface area contributed by atoms with E-state index in [2.05, 4.69) is 5.32 Å². The van der Waals surface area contributed by atoms with Crippen LogP contribution in [0.4, 0.5) is 11.4 Å². The molecule has 2 amide bonds. The molecule has 3 aromatic rings. The highest BCUT2D eigenvalue weighted by molar-refractivity contribution is 8.27. The number of hydrogen-bond acceptors (Lipinski definition) is 8. The summed E-state index contributed by atoms with van der Waals surface area (Å²) in [7, 11) is 3.04. The lowest BCUT2D eigenvalue weighted by Crippen LogP contribution is -2.27. The minimum atomic E-state index is -0.349. The van der Waals surface area contributed by atoms with Crippen LogP contribution in [0, 0.1) is 0 Å². The van der Waals surface area contributed by atoms with Gasteiger partial charge < -0.3 is 24.3 Å². The van der Waals surface area contributed by atoms with Crippen LogP contribution in [0.2, 0.25) is 0 Å². The predicted molar refractivity (Wildman–Crippen MR) is 153 cm³/mol. The van der Waals surface area contributed by atoms with E-state index in [1.54, 1.807) is 66.7 Å². The Hall–Kier alpha value is -4.02. The van der Waals surface area contributed by atoms with Gasteiger partial charge in [-0.1, -0.05) is 42.2 Å². The van der Waals surface area contributed by atoms with Crippen LogP contribution >= 0.6 is 24.0 Å². The van der Waals surface area contributed by atoms with E-state index in [0.29, 0.717) is 44.5 Å². The maximum Gasteiger partial charge on any atom is 0.270 e. The monoisotopic (exact) mass is 550 g/mol. The molecule has 0 bridgehead atoms. The molecule has 0 saturated carbocycles. The van der Waals surface area contributed by atoms with E-state index in [-0.39, 0.29) is 18.4 Å². The van der Waals surface area contributed by atoms with Crippen LogP contribution in [-0.2, 0) is 9.59 Å². The van der Waals surface area contributed by atoms with Gasteiger partial charge in [0.2, 0.25) is 0 Å². The molecule has 1 fully saturated rings. The number of nitrogens with zero attached hydrogens (tertiary/aromatic N) is 1. The number of para-hydroxylation sites is 2. The number of benzene rings is 3. The highest BCUT2D eigenvalue weighted by atomic mass is 32.2. The molecule has 0 radical (unpaired) electrons. The number of rotatable bonds is 10. The number of carbonyl (C=O) groups excluding carboxylic acids is 2. The van der Waals surface area contributed by atoms with Gasteiger partial charge in [-0.15, -0.1) is 0 Å². The van der Waals surface area contributed by atoms with Gasteiger partial charge in [0.05, 0.1) is 37.1 Å². The fraction of sp³-hybridized carbons (Fsp3) is 0.179. The van der Waals surface area contributed by atoms with Crippen LogP contribution in [0.1, 0.15) is 12.5 Å². The summed E-state index contributed by atoms with van der Waals surface area (Å²) in [5.41, 5.74) is 1.94. The summed E-state index contributed by atoms with van der Waals surface area (Å²) in [6, 6.07) is 19.5. The molecule has 1 N–H and O–H groups in total. The Morgan fingerprint density at radius 1 is 0.974 bits per heavy atom. The summed E-state index contributed by atoms with van der Waals surface area (Å²) in [5.74, 6) is 1.53. The van der Waals surface area contributed by atoms with Crippen LogP contribution in [0.25, 0.3) is 6.08 Å². The molecule has 0 aliphatic carbocycles. The van der Waals surface area contributed by atoms with Crippen molar-refractivity contribution < 1.29 is 28.5 Å². The Labute approximate surface area is 230 Å². The lowest BCUT2D eigenvalue weighted by molar-refractivity contribution is -0.118. The van der Waals surface area contributed by atoms with Crippen molar-refractivity contribution in [3.63, 3.8) is 0 Å². The molecule has 1 aliphatic heterocycles. The number of thiocarbonyl (C=S) groups is 1. The Kier molecular flexibility index (Phi) is 8.88. The van der Waals surface area contributed by atoms with Gasteiger partial charge in [0, 0.05) is 0 Å². The number of ether oxygens (including phenoxy) is 4. The average molecular weight is 551 g/mol. The van der Waals surface area contributed by atoms with Crippen molar-refractivity contribution in [3.05, 3.63) is 77.2 Å². The van der Waals surface area contributed by atoms with Crippen LogP contribution in [0.5, 0.6) is 23.0 Å². The Balaban J connectivity index is 1.44. The smallest absolute Gasteiger partial charge is 0.270 e. The molecule has 0 aromatic heterocycles. The third-order valence-electron chi connectivity index (χ3n) is 5.42. The fourth-order valence-electron chi connectivity index (χ4n) is 3.67. The summed E-state index contributed by atoms with van der Waals surface area (Å²) in [5, 5.41) is 2.76. The van der Waals surface area contributed by atoms with Crippen LogP contribution in [0.3, 0.4) is 0 Å². The molecule has 3 aromatic carbocycles. The first kappa shape index (κ1) is 27.0. The second kappa shape index (κ2) is 12.5. The number of nitrogens with one attached hydrogen (secondary N) is 1. The van der Waals surface area contributed by atoms with E-state index in [4.69, 9.17) is 31.2 Å². The van der Waals surface area contributed by atoms with Crippen molar-refractivity contribution in [2.24, 2.45) is 0 Å². The van der Waals surface area contributed by atoms with Crippen molar-refractivity contribution in [1.29, 1.82) is 0 Å². The zero-order chi connectivity index (χ0) is 27.1. The van der Waals surface area contributed by atoms with E-state index < -0.39 is 0 Å². The number of methoxy groups -OCH3 is 2. The van der Waals surface area contributed by atoms with E-state index in [0.717, 1.165) is 11.3 Å². The topological polar surface area (TPSA) is 86.3 Å².